The first-order chi connectivity index (χ1) is 8.54. The summed E-state index contributed by atoms with van der Waals surface area (Å²) in [6.07, 6.45) is 5.15. The Labute approximate surface area is 109 Å². The Kier molecular flexibility index (Phi) is 5.65. The van der Waals surface area contributed by atoms with Crippen molar-refractivity contribution in [2.24, 2.45) is 11.7 Å². The first-order valence-corrected chi connectivity index (χ1v) is 6.35. The van der Waals surface area contributed by atoms with Crippen molar-refractivity contribution in [3.05, 3.63) is 42.6 Å². The molecule has 0 aliphatic heterocycles. The average Bonchev–Trinajstić information content (AvgIpc) is 2.80. The Hall–Kier alpha value is -1.55. The maximum absolute atomic E-state index is 5.54. The lowest BCUT2D eigenvalue weighted by atomic mass is 9.94. The molecule has 0 spiro atoms. The van der Waals surface area contributed by atoms with Gasteiger partial charge in [0.1, 0.15) is 0 Å². The van der Waals surface area contributed by atoms with Crippen LogP contribution >= 0.6 is 0 Å². The minimum Gasteiger partial charge on any atom is -0.382 e. The fourth-order valence-electron chi connectivity index (χ4n) is 1.79. The van der Waals surface area contributed by atoms with E-state index in [2.05, 4.69) is 42.3 Å². The van der Waals surface area contributed by atoms with Gasteiger partial charge in [-0.05, 0) is 18.9 Å². The quantitative estimate of drug-likeness (QED) is 0.616. The molecule has 0 aliphatic carbocycles. The first kappa shape index (κ1) is 14.5. The van der Waals surface area contributed by atoms with E-state index >= 15 is 0 Å². The second-order valence-corrected chi connectivity index (χ2v) is 4.85. The topological polar surface area (TPSA) is 66.7 Å². The van der Waals surface area contributed by atoms with Gasteiger partial charge in [0.05, 0.1) is 12.4 Å². The molecule has 1 unspecified atom stereocenters. The zero-order valence-corrected chi connectivity index (χ0v) is 11.4. The summed E-state index contributed by atoms with van der Waals surface area (Å²) < 4.78 is 0. The van der Waals surface area contributed by atoms with Crippen molar-refractivity contribution in [3.8, 4) is 0 Å². The van der Waals surface area contributed by atoms with Crippen molar-refractivity contribution in [2.45, 2.75) is 32.7 Å². The van der Waals surface area contributed by atoms with Gasteiger partial charge in [0, 0.05) is 24.0 Å². The van der Waals surface area contributed by atoms with Crippen molar-refractivity contribution in [3.63, 3.8) is 0 Å². The van der Waals surface area contributed by atoms with Gasteiger partial charge in [0.15, 0.2) is 0 Å². The van der Waals surface area contributed by atoms with Crippen LogP contribution in [0.4, 0.5) is 0 Å². The molecule has 0 radical (unpaired) electrons. The van der Waals surface area contributed by atoms with Crippen molar-refractivity contribution in [1.82, 2.24) is 15.3 Å². The summed E-state index contributed by atoms with van der Waals surface area (Å²) in [5, 5.41) is 3.42. The van der Waals surface area contributed by atoms with Crippen LogP contribution in [0.15, 0.2) is 37.0 Å². The summed E-state index contributed by atoms with van der Waals surface area (Å²) in [6.45, 7) is 13.1. The van der Waals surface area contributed by atoms with Crippen molar-refractivity contribution in [2.75, 3.05) is 6.54 Å². The summed E-state index contributed by atoms with van der Waals surface area (Å²) in [5.41, 5.74) is 8.76. The Morgan fingerprint density at radius 2 is 2.22 bits per heavy atom. The average molecular weight is 248 g/mol. The second kappa shape index (κ2) is 7.01. The Morgan fingerprint density at radius 3 is 2.72 bits per heavy atom. The number of nitrogens with two attached hydrogens (primary N) is 1. The fraction of sp³-hybridized carbons (Fsp3) is 0.500. The molecule has 0 saturated carbocycles. The van der Waals surface area contributed by atoms with Gasteiger partial charge in [-0.15, -0.1) is 0 Å². The highest BCUT2D eigenvalue weighted by atomic mass is 14.9. The van der Waals surface area contributed by atoms with Crippen molar-refractivity contribution in [1.29, 1.82) is 0 Å². The molecule has 4 N–H and O–H groups in total. The van der Waals surface area contributed by atoms with Crippen LogP contribution in [-0.2, 0) is 6.42 Å². The molecule has 1 aromatic heterocycles. The lowest BCUT2D eigenvalue weighted by Gasteiger charge is -2.25. The number of hydrogen-bond donors (Lipinski definition) is 3. The van der Waals surface area contributed by atoms with E-state index in [1.807, 2.05) is 6.20 Å². The summed E-state index contributed by atoms with van der Waals surface area (Å²) in [4.78, 5) is 7.16. The number of imidazole rings is 1. The van der Waals surface area contributed by atoms with Crippen LogP contribution in [0.1, 0.15) is 26.0 Å². The van der Waals surface area contributed by atoms with E-state index < -0.39 is 0 Å². The van der Waals surface area contributed by atoms with Gasteiger partial charge < -0.3 is 16.0 Å². The number of aromatic nitrogens is 2. The molecule has 18 heavy (non-hydrogen) atoms. The number of nitrogens with one attached hydrogen (secondary N) is 2. The molecule has 0 saturated heterocycles. The minimum absolute atomic E-state index is 0.171. The van der Waals surface area contributed by atoms with Gasteiger partial charge in [-0.25, -0.2) is 4.98 Å². The summed E-state index contributed by atoms with van der Waals surface area (Å²) in [5.74, 6) is 0.427. The van der Waals surface area contributed by atoms with E-state index in [9.17, 15) is 0 Å². The van der Waals surface area contributed by atoms with Gasteiger partial charge in [-0.3, -0.25) is 0 Å². The van der Waals surface area contributed by atoms with Gasteiger partial charge in [-0.2, -0.15) is 0 Å². The highest BCUT2D eigenvalue weighted by Crippen LogP contribution is 2.16. The van der Waals surface area contributed by atoms with Crippen LogP contribution in [0.3, 0.4) is 0 Å². The molecule has 0 amide bonds. The van der Waals surface area contributed by atoms with E-state index in [4.69, 9.17) is 5.73 Å². The Morgan fingerprint density at radius 1 is 1.50 bits per heavy atom. The monoisotopic (exact) mass is 248 g/mol. The zero-order chi connectivity index (χ0) is 13.5. The summed E-state index contributed by atoms with van der Waals surface area (Å²) in [6, 6.07) is 0.171. The maximum atomic E-state index is 5.54. The van der Waals surface area contributed by atoms with Gasteiger partial charge in [0.2, 0.25) is 0 Å². The number of aromatic amines is 1. The van der Waals surface area contributed by atoms with Crippen molar-refractivity contribution < 1.29 is 0 Å². The second-order valence-electron chi connectivity index (χ2n) is 4.85. The molecule has 1 aromatic rings. The third-order valence-electron chi connectivity index (χ3n) is 2.99. The molecule has 100 valence electrons. The predicted octanol–water partition coefficient (Wildman–Crippen LogP) is 1.99. The normalized spacial score (nSPS) is 12.4. The van der Waals surface area contributed by atoms with Gasteiger partial charge in [0.25, 0.3) is 0 Å². The molecule has 4 heteroatoms. The predicted molar refractivity (Wildman–Crippen MR) is 76.0 cm³/mol. The molecule has 1 heterocycles. The molecular weight excluding hydrogens is 224 g/mol. The zero-order valence-electron chi connectivity index (χ0n) is 11.4. The largest absolute Gasteiger partial charge is 0.382 e. The molecule has 0 aromatic carbocycles. The van der Waals surface area contributed by atoms with Gasteiger partial charge in [-0.1, -0.05) is 32.6 Å². The number of H-pyrrole nitrogens is 1. The lowest BCUT2D eigenvalue weighted by Crippen LogP contribution is -2.34. The van der Waals surface area contributed by atoms with E-state index in [1.54, 1.807) is 6.33 Å². The van der Waals surface area contributed by atoms with E-state index in [-0.39, 0.29) is 6.04 Å². The third kappa shape index (κ3) is 4.37. The van der Waals surface area contributed by atoms with E-state index in [0.717, 1.165) is 24.2 Å². The number of nitrogens with zero attached hydrogens (tertiary/aromatic N) is 1. The molecule has 4 nitrogen and oxygen atoms in total. The lowest BCUT2D eigenvalue weighted by molar-refractivity contribution is 0.555. The fourth-order valence-corrected chi connectivity index (χ4v) is 1.79. The Bertz CT molecular complexity index is 379. The molecule has 1 atom stereocenters. The highest BCUT2D eigenvalue weighted by molar-refractivity contribution is 5.16. The number of hydrogen-bond acceptors (Lipinski definition) is 3. The van der Waals surface area contributed by atoms with Crippen LogP contribution in [0, 0.1) is 5.92 Å². The minimum atomic E-state index is 0.171. The van der Waals surface area contributed by atoms with Crippen LogP contribution < -0.4 is 11.1 Å². The summed E-state index contributed by atoms with van der Waals surface area (Å²) >= 11 is 0. The van der Waals surface area contributed by atoms with Crippen LogP contribution in [0.2, 0.25) is 0 Å². The smallest absolute Gasteiger partial charge is 0.0921 e. The van der Waals surface area contributed by atoms with Crippen LogP contribution in [0.5, 0.6) is 0 Å². The number of rotatable bonds is 8. The molecular formula is C14H24N4. The van der Waals surface area contributed by atoms with Crippen LogP contribution in [0.25, 0.3) is 0 Å². The molecule has 0 fully saturated rings. The molecule has 0 bridgehead atoms. The van der Waals surface area contributed by atoms with E-state index in [1.165, 1.54) is 5.57 Å². The van der Waals surface area contributed by atoms with E-state index in [0.29, 0.717) is 12.5 Å². The molecule has 1 rings (SSSR count). The SMILES string of the molecule is C=C(CCN)NC(Cc1cnc[nH]1)C(=C)C(C)C. The third-order valence-corrected chi connectivity index (χ3v) is 2.99. The maximum Gasteiger partial charge on any atom is 0.0921 e. The highest BCUT2D eigenvalue weighted by Gasteiger charge is 2.16. The standard InChI is InChI=1S/C14H24N4/c1-10(2)12(4)14(18-11(3)5-6-15)7-13-8-16-9-17-13/h8-10,14,18H,3-7,15H2,1-2H3,(H,16,17). The first-order valence-electron chi connectivity index (χ1n) is 6.35. The van der Waals surface area contributed by atoms with Gasteiger partial charge >= 0.3 is 0 Å². The van der Waals surface area contributed by atoms with Crippen molar-refractivity contribution >= 4 is 0 Å². The summed E-state index contributed by atoms with van der Waals surface area (Å²) in [7, 11) is 0. The Balaban J connectivity index is 2.69. The molecule has 0 aliphatic rings. The van der Waals surface area contributed by atoms with Crippen LogP contribution in [-0.4, -0.2) is 22.6 Å².